The summed E-state index contributed by atoms with van der Waals surface area (Å²) in [5, 5.41) is 31.6. The third kappa shape index (κ3) is 6.26. The molecular formula is C28H25ClN4O5. The maximum Gasteiger partial charge on any atom is 0.262 e. The summed E-state index contributed by atoms with van der Waals surface area (Å²) in [6.45, 7) is 1.74. The number of nitrogens with zero attached hydrogens (tertiary/aromatic N) is 3. The molecule has 0 radical (unpaired) electrons. The number of aromatic nitrogens is 2. The quantitative estimate of drug-likeness (QED) is 0.252. The third-order valence-electron chi connectivity index (χ3n) is 5.85. The van der Waals surface area contributed by atoms with E-state index in [0.29, 0.717) is 11.4 Å². The highest BCUT2D eigenvalue weighted by atomic mass is 35.5. The maximum absolute atomic E-state index is 13.6. The van der Waals surface area contributed by atoms with Gasteiger partial charge in [0.05, 0.1) is 17.8 Å². The first-order valence-corrected chi connectivity index (χ1v) is 12.0. The van der Waals surface area contributed by atoms with Crippen LogP contribution < -0.4 is 10.2 Å². The molecule has 4 aromatic rings. The Morgan fingerprint density at radius 1 is 0.974 bits per heavy atom. The lowest BCUT2D eigenvalue weighted by atomic mass is 10.1. The monoisotopic (exact) mass is 532 g/mol. The molecule has 4 rings (SSSR count). The Labute approximate surface area is 224 Å². The van der Waals surface area contributed by atoms with Crippen LogP contribution in [-0.2, 0) is 17.9 Å². The minimum Gasteiger partial charge on any atom is -0.508 e. The van der Waals surface area contributed by atoms with Crippen LogP contribution >= 0.6 is 11.6 Å². The van der Waals surface area contributed by atoms with Gasteiger partial charge in [0.1, 0.15) is 18.1 Å². The van der Waals surface area contributed by atoms with Gasteiger partial charge in [-0.3, -0.25) is 9.59 Å². The second-order valence-electron chi connectivity index (χ2n) is 8.56. The fourth-order valence-electron chi connectivity index (χ4n) is 3.84. The van der Waals surface area contributed by atoms with E-state index in [1.54, 1.807) is 18.3 Å². The maximum atomic E-state index is 13.6. The molecule has 3 aromatic carbocycles. The predicted molar refractivity (Wildman–Crippen MR) is 143 cm³/mol. The van der Waals surface area contributed by atoms with Crippen LogP contribution in [0.15, 0.2) is 72.9 Å². The number of aryl methyl sites for hydroxylation is 1. The Hall–Kier alpha value is -4.47. The van der Waals surface area contributed by atoms with E-state index in [0.717, 1.165) is 28.3 Å². The van der Waals surface area contributed by atoms with Gasteiger partial charge in [-0.2, -0.15) is 0 Å². The summed E-state index contributed by atoms with van der Waals surface area (Å²) >= 11 is 5.98. The summed E-state index contributed by atoms with van der Waals surface area (Å²) < 4.78 is 0. The number of phenols is 2. The van der Waals surface area contributed by atoms with Crippen molar-refractivity contribution in [2.75, 3.05) is 11.5 Å². The van der Waals surface area contributed by atoms with Crippen LogP contribution in [0.3, 0.4) is 0 Å². The number of anilines is 1. The normalized spacial score (nSPS) is 10.7. The fourth-order valence-corrected chi connectivity index (χ4v) is 3.97. The van der Waals surface area contributed by atoms with Gasteiger partial charge in [-0.15, -0.1) is 0 Å². The number of hydrogen-bond donors (Lipinski definition) is 4. The van der Waals surface area contributed by atoms with Gasteiger partial charge in [-0.05, 0) is 59.5 Å². The standard InChI is InChI=1S/C28H25ClN4O5/c1-17-13-31-28(29)32-26(17)20-6-8-21(9-7-20)33(27(38)23-11-10-22(35)12-24(23)36)15-19-4-2-18(3-5-19)14-30-25(37)16-34/h2-13,34-36H,14-16H2,1H3,(H,30,37). The van der Waals surface area contributed by atoms with Crippen LogP contribution in [-0.4, -0.2) is 43.7 Å². The Morgan fingerprint density at radius 3 is 2.32 bits per heavy atom. The molecule has 1 heterocycles. The largest absolute Gasteiger partial charge is 0.508 e. The number of aliphatic hydroxyl groups excluding tert-OH is 1. The molecule has 0 aliphatic heterocycles. The first-order valence-electron chi connectivity index (χ1n) is 11.6. The molecule has 0 aliphatic carbocycles. The Morgan fingerprint density at radius 2 is 1.66 bits per heavy atom. The fraction of sp³-hybridized carbons (Fsp3) is 0.143. The second kappa shape index (κ2) is 11.7. The van der Waals surface area contributed by atoms with Crippen LogP contribution in [0, 0.1) is 6.92 Å². The van der Waals surface area contributed by atoms with Crippen molar-refractivity contribution in [3.05, 3.63) is 100 Å². The molecule has 38 heavy (non-hydrogen) atoms. The summed E-state index contributed by atoms with van der Waals surface area (Å²) in [4.78, 5) is 34.7. The van der Waals surface area contributed by atoms with Crippen molar-refractivity contribution in [3.63, 3.8) is 0 Å². The molecule has 0 unspecified atom stereocenters. The number of aliphatic hydroxyl groups is 1. The predicted octanol–water partition coefficient (Wildman–Crippen LogP) is 3.97. The molecule has 0 aliphatic rings. The Bertz CT molecular complexity index is 1460. The lowest BCUT2D eigenvalue weighted by molar-refractivity contribution is -0.123. The molecule has 0 atom stereocenters. The van der Waals surface area contributed by atoms with E-state index in [2.05, 4.69) is 15.3 Å². The van der Waals surface area contributed by atoms with Gasteiger partial charge in [-0.25, -0.2) is 9.97 Å². The second-order valence-corrected chi connectivity index (χ2v) is 8.90. The van der Waals surface area contributed by atoms with Gasteiger partial charge in [0.2, 0.25) is 11.2 Å². The smallest absolute Gasteiger partial charge is 0.262 e. The molecule has 9 nitrogen and oxygen atoms in total. The van der Waals surface area contributed by atoms with E-state index < -0.39 is 18.4 Å². The van der Waals surface area contributed by atoms with Crippen LogP contribution in [0.1, 0.15) is 27.0 Å². The zero-order valence-electron chi connectivity index (χ0n) is 20.4. The minimum absolute atomic E-state index is 0.0358. The van der Waals surface area contributed by atoms with Crippen LogP contribution in [0.5, 0.6) is 11.5 Å². The van der Waals surface area contributed by atoms with E-state index >= 15 is 0 Å². The molecule has 0 bridgehead atoms. The first-order chi connectivity index (χ1) is 18.2. The number of carbonyl (C=O) groups is 2. The lowest BCUT2D eigenvalue weighted by Crippen LogP contribution is -2.30. The van der Waals surface area contributed by atoms with E-state index in [4.69, 9.17) is 16.7 Å². The van der Waals surface area contributed by atoms with Crippen molar-refractivity contribution >= 4 is 29.1 Å². The number of halogens is 1. The van der Waals surface area contributed by atoms with Crippen molar-refractivity contribution in [2.45, 2.75) is 20.0 Å². The van der Waals surface area contributed by atoms with Crippen LogP contribution in [0.4, 0.5) is 5.69 Å². The van der Waals surface area contributed by atoms with Crippen LogP contribution in [0.2, 0.25) is 5.28 Å². The molecule has 0 spiro atoms. The minimum atomic E-state index is -0.581. The number of nitrogens with one attached hydrogen (secondary N) is 1. The summed E-state index contributed by atoms with van der Waals surface area (Å²) in [5.74, 6) is -1.42. The molecule has 1 aromatic heterocycles. The topological polar surface area (TPSA) is 136 Å². The zero-order chi connectivity index (χ0) is 27.2. The van der Waals surface area contributed by atoms with Crippen molar-refractivity contribution in [1.29, 1.82) is 0 Å². The van der Waals surface area contributed by atoms with Gasteiger partial charge in [-0.1, -0.05) is 36.4 Å². The van der Waals surface area contributed by atoms with Gasteiger partial charge < -0.3 is 25.5 Å². The number of carbonyl (C=O) groups excluding carboxylic acids is 2. The zero-order valence-corrected chi connectivity index (χ0v) is 21.2. The van der Waals surface area contributed by atoms with Crippen molar-refractivity contribution in [1.82, 2.24) is 15.3 Å². The summed E-state index contributed by atoms with van der Waals surface area (Å²) in [6.07, 6.45) is 1.64. The molecule has 0 saturated carbocycles. The molecule has 194 valence electrons. The highest BCUT2D eigenvalue weighted by molar-refractivity contribution is 6.28. The number of aromatic hydroxyl groups is 2. The molecule has 0 fully saturated rings. The Kier molecular flexibility index (Phi) is 8.20. The van der Waals surface area contributed by atoms with Gasteiger partial charge >= 0.3 is 0 Å². The highest BCUT2D eigenvalue weighted by Crippen LogP contribution is 2.30. The van der Waals surface area contributed by atoms with E-state index in [1.807, 2.05) is 43.3 Å². The lowest BCUT2D eigenvalue weighted by Gasteiger charge is -2.24. The first kappa shape index (κ1) is 26.6. The summed E-state index contributed by atoms with van der Waals surface area (Å²) in [7, 11) is 0. The summed E-state index contributed by atoms with van der Waals surface area (Å²) in [5.41, 5.74) is 4.56. The van der Waals surface area contributed by atoms with E-state index in [-0.39, 0.29) is 35.4 Å². The van der Waals surface area contributed by atoms with Crippen molar-refractivity contribution in [2.24, 2.45) is 0 Å². The van der Waals surface area contributed by atoms with Gasteiger partial charge in [0.25, 0.3) is 5.91 Å². The Balaban J connectivity index is 1.65. The van der Waals surface area contributed by atoms with E-state index in [9.17, 15) is 19.8 Å². The molecular weight excluding hydrogens is 508 g/mol. The third-order valence-corrected chi connectivity index (χ3v) is 6.03. The molecule has 4 N–H and O–H groups in total. The molecule has 10 heteroatoms. The van der Waals surface area contributed by atoms with Crippen LogP contribution in [0.25, 0.3) is 11.3 Å². The van der Waals surface area contributed by atoms with E-state index in [1.165, 1.54) is 17.0 Å². The van der Waals surface area contributed by atoms with Crippen molar-refractivity contribution < 1.29 is 24.9 Å². The van der Waals surface area contributed by atoms with Crippen molar-refractivity contribution in [3.8, 4) is 22.8 Å². The number of phenolic OH excluding ortho intramolecular Hbond substituents is 2. The summed E-state index contributed by atoms with van der Waals surface area (Å²) in [6, 6.07) is 18.3. The number of benzene rings is 3. The molecule has 2 amide bonds. The number of rotatable bonds is 8. The average molecular weight is 533 g/mol. The average Bonchev–Trinajstić information content (AvgIpc) is 2.92. The molecule has 0 saturated heterocycles. The number of amides is 2. The van der Waals surface area contributed by atoms with Gasteiger partial charge in [0.15, 0.2) is 0 Å². The van der Waals surface area contributed by atoms with Gasteiger partial charge in [0, 0.05) is 30.1 Å². The number of hydrogen-bond acceptors (Lipinski definition) is 7. The highest BCUT2D eigenvalue weighted by Gasteiger charge is 2.22. The SMILES string of the molecule is Cc1cnc(Cl)nc1-c1ccc(N(Cc2ccc(CNC(=O)CO)cc2)C(=O)c2ccc(O)cc2O)cc1.